The van der Waals surface area contributed by atoms with Crippen LogP contribution in [0.3, 0.4) is 0 Å². The van der Waals surface area contributed by atoms with E-state index in [-0.39, 0.29) is 5.69 Å². The lowest BCUT2D eigenvalue weighted by molar-refractivity contribution is -0.384. The number of hydrogen-bond donors (Lipinski definition) is 0. The molecule has 0 aliphatic heterocycles. The van der Waals surface area contributed by atoms with Crippen LogP contribution in [0.25, 0.3) is 22.3 Å². The molecule has 0 N–H and O–H groups in total. The van der Waals surface area contributed by atoms with Crippen molar-refractivity contribution in [3.63, 3.8) is 0 Å². The number of nitrogens with zero attached hydrogens (tertiary/aromatic N) is 3. The maximum atomic E-state index is 11.0. The molecule has 1 heterocycles. The first kappa shape index (κ1) is 15.7. The van der Waals surface area contributed by atoms with Crippen LogP contribution in [-0.2, 0) is 0 Å². The number of non-ortho nitro benzene ring substituents is 1. The molecule has 6 nitrogen and oxygen atoms in total. The Morgan fingerprint density at radius 3 is 2.42 bits per heavy atom. The average Bonchev–Trinajstić information content (AvgIpc) is 2.69. The largest absolute Gasteiger partial charge is 0.438 e. The van der Waals surface area contributed by atoms with Crippen LogP contribution in [-0.4, -0.2) is 14.9 Å². The maximum absolute atomic E-state index is 11.0. The molecule has 0 aliphatic carbocycles. The molecule has 3 aromatic carbocycles. The predicted octanol–water partition coefficient (Wildman–Crippen LogP) is 5.00. The van der Waals surface area contributed by atoms with Gasteiger partial charge in [0.1, 0.15) is 5.75 Å². The van der Waals surface area contributed by atoms with E-state index in [1.165, 1.54) is 12.1 Å². The second-order valence-corrected chi connectivity index (χ2v) is 5.59. The summed E-state index contributed by atoms with van der Waals surface area (Å²) in [5.74, 6) is 1.24. The lowest BCUT2D eigenvalue weighted by atomic mass is 10.2. The summed E-state index contributed by atoms with van der Waals surface area (Å²) in [4.78, 5) is 19.7. The lowest BCUT2D eigenvalue weighted by Crippen LogP contribution is -1.96. The van der Waals surface area contributed by atoms with Gasteiger partial charge in [0.25, 0.3) is 5.69 Å². The first-order chi connectivity index (χ1) is 12.7. The molecule has 0 radical (unpaired) electrons. The monoisotopic (exact) mass is 343 g/mol. The van der Waals surface area contributed by atoms with Gasteiger partial charge in [0.2, 0.25) is 5.88 Å². The number of fused-ring (bicyclic) bond motifs is 1. The summed E-state index contributed by atoms with van der Waals surface area (Å²) in [6, 6.07) is 23.1. The molecular weight excluding hydrogens is 330 g/mol. The Morgan fingerprint density at radius 2 is 1.62 bits per heavy atom. The quantitative estimate of drug-likeness (QED) is 0.385. The summed E-state index contributed by atoms with van der Waals surface area (Å²) < 4.78 is 5.89. The van der Waals surface area contributed by atoms with Gasteiger partial charge in [0.15, 0.2) is 5.82 Å². The van der Waals surface area contributed by atoms with Crippen LogP contribution >= 0.6 is 0 Å². The molecular formula is C20H13N3O3. The summed E-state index contributed by atoms with van der Waals surface area (Å²) in [6.07, 6.45) is 0. The fourth-order valence-corrected chi connectivity index (χ4v) is 2.61. The number of para-hydroxylation sites is 1. The van der Waals surface area contributed by atoms with Gasteiger partial charge in [-0.15, -0.1) is 0 Å². The maximum Gasteiger partial charge on any atom is 0.273 e. The van der Waals surface area contributed by atoms with Crippen molar-refractivity contribution in [3.05, 3.63) is 89.0 Å². The van der Waals surface area contributed by atoms with Crippen molar-refractivity contribution >= 4 is 16.6 Å². The van der Waals surface area contributed by atoms with E-state index in [9.17, 15) is 10.1 Å². The fourth-order valence-electron chi connectivity index (χ4n) is 2.61. The highest BCUT2D eigenvalue weighted by atomic mass is 16.6. The van der Waals surface area contributed by atoms with Crippen molar-refractivity contribution in [3.8, 4) is 23.0 Å². The van der Waals surface area contributed by atoms with Crippen molar-refractivity contribution in [2.45, 2.75) is 0 Å². The molecule has 0 saturated heterocycles. The van der Waals surface area contributed by atoms with E-state index in [1.807, 2.05) is 54.6 Å². The van der Waals surface area contributed by atoms with Gasteiger partial charge in [0, 0.05) is 11.6 Å². The number of rotatable bonds is 4. The van der Waals surface area contributed by atoms with Gasteiger partial charge in [0.05, 0.1) is 21.9 Å². The van der Waals surface area contributed by atoms with Gasteiger partial charge < -0.3 is 4.74 Å². The molecule has 0 bridgehead atoms. The Balaban J connectivity index is 1.83. The molecule has 0 unspecified atom stereocenters. The highest BCUT2D eigenvalue weighted by molar-refractivity contribution is 5.85. The summed E-state index contributed by atoms with van der Waals surface area (Å²) in [5.41, 5.74) is 1.56. The van der Waals surface area contributed by atoms with Crippen LogP contribution in [0.2, 0.25) is 0 Å². The number of nitro groups is 1. The number of ether oxygens (including phenoxy) is 1. The first-order valence-corrected chi connectivity index (χ1v) is 7.95. The number of hydrogen-bond acceptors (Lipinski definition) is 5. The van der Waals surface area contributed by atoms with Gasteiger partial charge in [-0.2, -0.15) is 4.98 Å². The third kappa shape index (κ3) is 3.08. The number of aromatic nitrogens is 2. The minimum atomic E-state index is -0.458. The third-order valence-electron chi connectivity index (χ3n) is 3.84. The fraction of sp³-hybridized carbons (Fsp3) is 0. The van der Waals surface area contributed by atoms with Crippen LogP contribution < -0.4 is 4.74 Å². The molecule has 0 atom stereocenters. The normalized spacial score (nSPS) is 10.6. The standard InChI is InChI=1S/C20H13N3O3/c24-23(25)15-9-6-10-16(13-15)26-20-17-11-4-5-12-18(17)21-19(22-20)14-7-2-1-3-8-14/h1-13H. The minimum absolute atomic E-state index is 0.0378. The third-order valence-corrected chi connectivity index (χ3v) is 3.84. The van der Waals surface area contributed by atoms with Gasteiger partial charge in [-0.3, -0.25) is 10.1 Å². The Bertz CT molecular complexity index is 1100. The van der Waals surface area contributed by atoms with E-state index < -0.39 is 4.92 Å². The van der Waals surface area contributed by atoms with Crippen LogP contribution in [0.15, 0.2) is 78.9 Å². The van der Waals surface area contributed by atoms with Crippen molar-refractivity contribution in [1.82, 2.24) is 9.97 Å². The summed E-state index contributed by atoms with van der Waals surface area (Å²) in [7, 11) is 0. The van der Waals surface area contributed by atoms with E-state index in [0.717, 1.165) is 16.5 Å². The van der Waals surface area contributed by atoms with Crippen molar-refractivity contribution in [2.24, 2.45) is 0 Å². The van der Waals surface area contributed by atoms with E-state index in [0.29, 0.717) is 17.5 Å². The molecule has 0 spiro atoms. The Morgan fingerprint density at radius 1 is 0.846 bits per heavy atom. The smallest absolute Gasteiger partial charge is 0.273 e. The van der Waals surface area contributed by atoms with E-state index in [1.54, 1.807) is 12.1 Å². The van der Waals surface area contributed by atoms with Crippen molar-refractivity contribution in [1.29, 1.82) is 0 Å². The molecule has 0 amide bonds. The molecule has 1 aromatic heterocycles. The Hall–Kier alpha value is -3.80. The van der Waals surface area contributed by atoms with Gasteiger partial charge >= 0.3 is 0 Å². The Kier molecular flexibility index (Phi) is 3.99. The molecule has 126 valence electrons. The lowest BCUT2D eigenvalue weighted by Gasteiger charge is -2.10. The molecule has 26 heavy (non-hydrogen) atoms. The van der Waals surface area contributed by atoms with E-state index >= 15 is 0 Å². The number of nitro benzene ring substituents is 1. The zero-order chi connectivity index (χ0) is 17.9. The van der Waals surface area contributed by atoms with Gasteiger partial charge in [-0.1, -0.05) is 48.5 Å². The Labute approximate surface area is 148 Å². The summed E-state index contributed by atoms with van der Waals surface area (Å²) in [6.45, 7) is 0. The van der Waals surface area contributed by atoms with Crippen LogP contribution in [0.4, 0.5) is 5.69 Å². The molecule has 4 aromatic rings. The first-order valence-electron chi connectivity index (χ1n) is 7.95. The second-order valence-electron chi connectivity index (χ2n) is 5.59. The van der Waals surface area contributed by atoms with Gasteiger partial charge in [-0.25, -0.2) is 4.98 Å². The average molecular weight is 343 g/mol. The zero-order valence-corrected chi connectivity index (χ0v) is 13.6. The highest BCUT2D eigenvalue weighted by Crippen LogP contribution is 2.31. The predicted molar refractivity (Wildman–Crippen MR) is 98.1 cm³/mol. The minimum Gasteiger partial charge on any atom is -0.438 e. The molecule has 4 rings (SSSR count). The topological polar surface area (TPSA) is 78.2 Å². The summed E-state index contributed by atoms with van der Waals surface area (Å²) >= 11 is 0. The second kappa shape index (κ2) is 6.60. The molecule has 0 aliphatic rings. The SMILES string of the molecule is O=[N+]([O-])c1cccc(Oc2nc(-c3ccccc3)nc3ccccc23)c1. The highest BCUT2D eigenvalue weighted by Gasteiger charge is 2.13. The van der Waals surface area contributed by atoms with E-state index in [2.05, 4.69) is 9.97 Å². The number of benzene rings is 3. The summed E-state index contributed by atoms with van der Waals surface area (Å²) in [5, 5.41) is 11.7. The van der Waals surface area contributed by atoms with Gasteiger partial charge in [-0.05, 0) is 18.2 Å². The zero-order valence-electron chi connectivity index (χ0n) is 13.6. The van der Waals surface area contributed by atoms with Crippen molar-refractivity contribution in [2.75, 3.05) is 0 Å². The van der Waals surface area contributed by atoms with Crippen LogP contribution in [0.1, 0.15) is 0 Å². The molecule has 6 heteroatoms. The molecule has 0 saturated carbocycles. The van der Waals surface area contributed by atoms with Crippen LogP contribution in [0, 0.1) is 10.1 Å². The van der Waals surface area contributed by atoms with E-state index in [4.69, 9.17) is 4.74 Å². The van der Waals surface area contributed by atoms with Crippen molar-refractivity contribution < 1.29 is 9.66 Å². The molecule has 0 fully saturated rings. The van der Waals surface area contributed by atoms with Crippen LogP contribution in [0.5, 0.6) is 11.6 Å².